The van der Waals surface area contributed by atoms with Gasteiger partial charge in [-0.3, -0.25) is 4.99 Å². The number of halogens is 2. The summed E-state index contributed by atoms with van der Waals surface area (Å²) < 4.78 is 31.6. The van der Waals surface area contributed by atoms with E-state index in [0.717, 1.165) is 12.8 Å². The van der Waals surface area contributed by atoms with E-state index in [4.69, 9.17) is 10.5 Å². The van der Waals surface area contributed by atoms with Gasteiger partial charge in [0.25, 0.3) is 0 Å². The number of alkyl halides is 2. The van der Waals surface area contributed by atoms with Gasteiger partial charge in [0, 0.05) is 33.0 Å². The molecule has 0 heterocycles. The van der Waals surface area contributed by atoms with Gasteiger partial charge in [0.2, 0.25) is 5.92 Å². The Kier molecular flexibility index (Phi) is 6.32. The molecule has 1 aliphatic carbocycles. The van der Waals surface area contributed by atoms with Crippen molar-refractivity contribution in [3.05, 3.63) is 0 Å². The van der Waals surface area contributed by atoms with E-state index in [-0.39, 0.29) is 18.8 Å². The second kappa shape index (κ2) is 7.51. The highest BCUT2D eigenvalue weighted by atomic mass is 19.3. The lowest BCUT2D eigenvalue weighted by molar-refractivity contribution is -0.0241. The molecule has 1 fully saturated rings. The number of nitrogens with two attached hydrogens (primary N) is 1. The van der Waals surface area contributed by atoms with Gasteiger partial charge in [-0.05, 0) is 18.8 Å². The number of hydrogen-bond donors (Lipinski definition) is 2. The van der Waals surface area contributed by atoms with Crippen molar-refractivity contribution in [2.45, 2.75) is 38.0 Å². The zero-order valence-corrected chi connectivity index (χ0v) is 10.9. The molecule has 0 aliphatic heterocycles. The number of nitrogens with one attached hydrogen (secondary N) is 1. The molecule has 18 heavy (non-hydrogen) atoms. The fourth-order valence-corrected chi connectivity index (χ4v) is 2.16. The summed E-state index contributed by atoms with van der Waals surface area (Å²) >= 11 is 0. The molecule has 0 aromatic rings. The minimum Gasteiger partial charge on any atom is -0.383 e. The predicted molar refractivity (Wildman–Crippen MR) is 67.9 cm³/mol. The summed E-state index contributed by atoms with van der Waals surface area (Å²) in [4.78, 5) is 4.12. The standard InChI is InChI=1S/C12H23F2N3O/c1-18-7-6-16-11(15)17-9-10-4-2-3-5-12(13,14)8-10/h10H,2-9H2,1H3,(H3,15,16,17). The van der Waals surface area contributed by atoms with Crippen molar-refractivity contribution in [2.75, 3.05) is 26.8 Å². The number of guanidine groups is 1. The molecule has 1 rings (SSSR count). The van der Waals surface area contributed by atoms with Crippen LogP contribution in [0.1, 0.15) is 32.1 Å². The summed E-state index contributed by atoms with van der Waals surface area (Å²) in [5.41, 5.74) is 5.63. The fraction of sp³-hybridized carbons (Fsp3) is 0.917. The van der Waals surface area contributed by atoms with Gasteiger partial charge in [0.1, 0.15) is 0 Å². The molecule has 0 aromatic heterocycles. The molecule has 0 saturated heterocycles. The normalized spacial score (nSPS) is 24.6. The van der Waals surface area contributed by atoms with Crippen molar-refractivity contribution in [2.24, 2.45) is 16.6 Å². The number of ether oxygens (including phenoxy) is 1. The van der Waals surface area contributed by atoms with E-state index in [1.54, 1.807) is 7.11 Å². The van der Waals surface area contributed by atoms with Crippen LogP contribution >= 0.6 is 0 Å². The zero-order valence-electron chi connectivity index (χ0n) is 10.9. The molecule has 6 heteroatoms. The summed E-state index contributed by atoms with van der Waals surface area (Å²) in [6, 6.07) is 0. The Morgan fingerprint density at radius 2 is 2.28 bits per heavy atom. The number of nitrogens with zero attached hydrogens (tertiary/aromatic N) is 1. The molecule has 1 atom stereocenters. The second-order valence-corrected chi connectivity index (χ2v) is 4.82. The Labute approximate surface area is 107 Å². The third kappa shape index (κ3) is 6.14. The van der Waals surface area contributed by atoms with E-state index in [2.05, 4.69) is 10.3 Å². The summed E-state index contributed by atoms with van der Waals surface area (Å²) in [5.74, 6) is -2.29. The van der Waals surface area contributed by atoms with Crippen molar-refractivity contribution in [3.8, 4) is 0 Å². The van der Waals surface area contributed by atoms with Gasteiger partial charge in [0.05, 0.1) is 6.61 Å². The maximum Gasteiger partial charge on any atom is 0.248 e. The molecule has 106 valence electrons. The SMILES string of the molecule is COCCNC(N)=NCC1CCCCC(F)(F)C1. The molecule has 1 saturated carbocycles. The first-order valence-corrected chi connectivity index (χ1v) is 6.44. The van der Waals surface area contributed by atoms with Crippen LogP contribution in [0, 0.1) is 5.92 Å². The average Bonchev–Trinajstić information content (AvgIpc) is 2.48. The van der Waals surface area contributed by atoms with Crippen LogP contribution in [-0.4, -0.2) is 38.7 Å². The summed E-state index contributed by atoms with van der Waals surface area (Å²) in [5, 5.41) is 2.87. The van der Waals surface area contributed by atoms with Crippen LogP contribution in [-0.2, 0) is 4.74 Å². The Morgan fingerprint density at radius 3 is 3.00 bits per heavy atom. The van der Waals surface area contributed by atoms with Crippen molar-refractivity contribution < 1.29 is 13.5 Å². The van der Waals surface area contributed by atoms with E-state index >= 15 is 0 Å². The van der Waals surface area contributed by atoms with Crippen molar-refractivity contribution in [1.29, 1.82) is 0 Å². The number of aliphatic imine (C=N–C) groups is 1. The van der Waals surface area contributed by atoms with E-state index < -0.39 is 5.92 Å². The summed E-state index contributed by atoms with van der Waals surface area (Å²) in [6.45, 7) is 1.49. The molecular weight excluding hydrogens is 240 g/mol. The van der Waals surface area contributed by atoms with Gasteiger partial charge in [-0.2, -0.15) is 0 Å². The first-order valence-electron chi connectivity index (χ1n) is 6.44. The molecule has 1 aliphatic rings. The Bertz CT molecular complexity index is 272. The van der Waals surface area contributed by atoms with Crippen molar-refractivity contribution in [1.82, 2.24) is 5.32 Å². The third-order valence-electron chi connectivity index (χ3n) is 3.12. The van der Waals surface area contributed by atoms with Crippen LogP contribution in [0.4, 0.5) is 8.78 Å². The molecule has 0 bridgehead atoms. The quantitative estimate of drug-likeness (QED) is 0.344. The predicted octanol–water partition coefficient (Wildman–Crippen LogP) is 1.75. The Balaban J connectivity index is 2.34. The third-order valence-corrected chi connectivity index (χ3v) is 3.12. The smallest absolute Gasteiger partial charge is 0.248 e. The molecule has 0 radical (unpaired) electrons. The van der Waals surface area contributed by atoms with Crippen LogP contribution in [0.2, 0.25) is 0 Å². The molecule has 0 spiro atoms. The fourth-order valence-electron chi connectivity index (χ4n) is 2.16. The van der Waals surface area contributed by atoms with E-state index in [1.165, 1.54) is 0 Å². The molecule has 4 nitrogen and oxygen atoms in total. The van der Waals surface area contributed by atoms with Gasteiger partial charge < -0.3 is 15.8 Å². The Hall–Kier alpha value is -0.910. The van der Waals surface area contributed by atoms with Gasteiger partial charge in [-0.1, -0.05) is 6.42 Å². The monoisotopic (exact) mass is 263 g/mol. The molecule has 0 amide bonds. The van der Waals surface area contributed by atoms with Crippen LogP contribution in [0.3, 0.4) is 0 Å². The second-order valence-electron chi connectivity index (χ2n) is 4.82. The van der Waals surface area contributed by atoms with E-state index in [1.807, 2.05) is 0 Å². The highest BCUT2D eigenvalue weighted by Crippen LogP contribution is 2.35. The zero-order chi connectivity index (χ0) is 13.4. The topological polar surface area (TPSA) is 59.6 Å². The highest BCUT2D eigenvalue weighted by molar-refractivity contribution is 5.77. The summed E-state index contributed by atoms with van der Waals surface area (Å²) in [6.07, 6.45) is 2.21. The number of methoxy groups -OCH3 is 1. The largest absolute Gasteiger partial charge is 0.383 e. The van der Waals surface area contributed by atoms with Crippen molar-refractivity contribution in [3.63, 3.8) is 0 Å². The van der Waals surface area contributed by atoms with Gasteiger partial charge >= 0.3 is 0 Å². The van der Waals surface area contributed by atoms with Crippen LogP contribution in [0.25, 0.3) is 0 Å². The number of rotatable bonds is 5. The molecule has 1 unspecified atom stereocenters. The lowest BCUT2D eigenvalue weighted by Crippen LogP contribution is -2.34. The van der Waals surface area contributed by atoms with Crippen LogP contribution in [0.15, 0.2) is 4.99 Å². The van der Waals surface area contributed by atoms with Gasteiger partial charge in [0.15, 0.2) is 5.96 Å². The minimum atomic E-state index is -2.53. The maximum absolute atomic E-state index is 13.4. The molecule has 3 N–H and O–H groups in total. The minimum absolute atomic E-state index is 0.00872. The molecule has 0 aromatic carbocycles. The first kappa shape index (κ1) is 15.1. The lowest BCUT2D eigenvalue weighted by Gasteiger charge is -2.18. The number of hydrogen-bond acceptors (Lipinski definition) is 2. The average molecular weight is 263 g/mol. The highest BCUT2D eigenvalue weighted by Gasteiger charge is 2.34. The molecular formula is C12H23F2N3O. The maximum atomic E-state index is 13.4. The van der Waals surface area contributed by atoms with Gasteiger partial charge in [-0.25, -0.2) is 8.78 Å². The van der Waals surface area contributed by atoms with Gasteiger partial charge in [-0.15, -0.1) is 0 Å². The Morgan fingerprint density at radius 1 is 1.50 bits per heavy atom. The first-order chi connectivity index (χ1) is 8.53. The van der Waals surface area contributed by atoms with E-state index in [9.17, 15) is 8.78 Å². The van der Waals surface area contributed by atoms with E-state index in [0.29, 0.717) is 32.1 Å². The van der Waals surface area contributed by atoms with Crippen molar-refractivity contribution >= 4 is 5.96 Å². The summed E-state index contributed by atoms with van der Waals surface area (Å²) in [7, 11) is 1.60. The van der Waals surface area contributed by atoms with Crippen LogP contribution < -0.4 is 11.1 Å². The lowest BCUT2D eigenvalue weighted by atomic mass is 9.99. The van der Waals surface area contributed by atoms with Crippen LogP contribution in [0.5, 0.6) is 0 Å².